The summed E-state index contributed by atoms with van der Waals surface area (Å²) in [4.78, 5) is 33.6. The van der Waals surface area contributed by atoms with E-state index in [2.05, 4.69) is 11.3 Å². The highest BCUT2D eigenvalue weighted by atomic mass is 16.6. The Morgan fingerprint density at radius 1 is 0.786 bits per heavy atom. The minimum atomic E-state index is -0.626. The lowest BCUT2D eigenvalue weighted by atomic mass is 9.58. The molecule has 0 radical (unpaired) electrons. The van der Waals surface area contributed by atoms with Crippen LogP contribution in [0.5, 0.6) is 0 Å². The Morgan fingerprint density at radius 2 is 1.21 bits per heavy atom. The van der Waals surface area contributed by atoms with Gasteiger partial charge in [-0.3, -0.25) is 14.4 Å². The highest BCUT2D eigenvalue weighted by Crippen LogP contribution is 2.57. The van der Waals surface area contributed by atoms with Crippen molar-refractivity contribution in [1.82, 2.24) is 0 Å². The number of rotatable bonds is 0. The third-order valence-corrected chi connectivity index (χ3v) is 3.17. The van der Waals surface area contributed by atoms with Crippen molar-refractivity contribution >= 4 is 17.9 Å². The van der Waals surface area contributed by atoms with Crippen LogP contribution in [0.1, 0.15) is 0 Å². The zero-order chi connectivity index (χ0) is 10.0. The molecule has 0 aromatic rings. The lowest BCUT2D eigenvalue weighted by molar-refractivity contribution is -0.155. The second kappa shape index (κ2) is 2.05. The zero-order valence-corrected chi connectivity index (χ0v) is 7.06. The molecule has 3 rings (SSSR count). The Labute approximate surface area is 78.7 Å². The molecule has 2 saturated heterocycles. The molecule has 0 bridgehead atoms. The Kier molecular flexibility index (Phi) is 1.13. The molecule has 4 unspecified atom stereocenters. The number of carbonyl (C=O) groups is 3. The molecule has 5 heteroatoms. The summed E-state index contributed by atoms with van der Waals surface area (Å²) in [5, 5.41) is 0. The van der Waals surface area contributed by atoms with Crippen LogP contribution in [0.2, 0.25) is 0 Å². The monoisotopic (exact) mass is 194 g/mol. The highest BCUT2D eigenvalue weighted by molar-refractivity contribution is 6.03. The maximum Gasteiger partial charge on any atom is 0.318 e. The Balaban J connectivity index is 2.03. The fraction of sp³-hybridized carbons (Fsp3) is 0.444. The predicted molar refractivity (Wildman–Crippen MR) is 40.3 cm³/mol. The fourth-order valence-corrected chi connectivity index (χ4v) is 2.53. The van der Waals surface area contributed by atoms with Crippen LogP contribution in [0, 0.1) is 23.7 Å². The topological polar surface area (TPSA) is 69.7 Å². The molecular weight excluding hydrogens is 188 g/mol. The van der Waals surface area contributed by atoms with Gasteiger partial charge in [-0.2, -0.15) is 0 Å². The average molecular weight is 194 g/mol. The van der Waals surface area contributed by atoms with Gasteiger partial charge in [0.25, 0.3) is 0 Å². The Morgan fingerprint density at radius 3 is 1.79 bits per heavy atom. The van der Waals surface area contributed by atoms with Crippen molar-refractivity contribution in [3.05, 3.63) is 12.3 Å². The number of hydrogen-bond acceptors (Lipinski definition) is 5. The normalized spacial score (nSPS) is 44.0. The molecule has 14 heavy (non-hydrogen) atoms. The van der Waals surface area contributed by atoms with Gasteiger partial charge >= 0.3 is 17.9 Å². The minimum Gasteiger partial charge on any atom is -0.431 e. The molecular formula is C9H6O5. The minimum absolute atomic E-state index is 0.285. The van der Waals surface area contributed by atoms with E-state index < -0.39 is 35.7 Å². The van der Waals surface area contributed by atoms with Gasteiger partial charge in [-0.15, -0.1) is 0 Å². The van der Waals surface area contributed by atoms with Gasteiger partial charge in [0.15, 0.2) is 0 Å². The van der Waals surface area contributed by atoms with Gasteiger partial charge in [-0.1, -0.05) is 6.58 Å². The zero-order valence-electron chi connectivity index (χ0n) is 7.06. The molecule has 0 amide bonds. The molecule has 1 aliphatic carbocycles. The van der Waals surface area contributed by atoms with Crippen LogP contribution in [0.3, 0.4) is 0 Å². The number of ether oxygens (including phenoxy) is 2. The number of hydrogen-bond donors (Lipinski definition) is 0. The van der Waals surface area contributed by atoms with Crippen LogP contribution in [0.4, 0.5) is 0 Å². The van der Waals surface area contributed by atoms with Crippen LogP contribution >= 0.6 is 0 Å². The predicted octanol–water partition coefficient (Wildman–Crippen LogP) is -0.381. The summed E-state index contributed by atoms with van der Waals surface area (Å²) in [6, 6.07) is 0. The number of esters is 3. The van der Waals surface area contributed by atoms with E-state index in [0.29, 0.717) is 0 Å². The van der Waals surface area contributed by atoms with Crippen molar-refractivity contribution in [3.8, 4) is 0 Å². The first kappa shape index (κ1) is 7.73. The van der Waals surface area contributed by atoms with E-state index >= 15 is 0 Å². The maximum absolute atomic E-state index is 11.2. The van der Waals surface area contributed by atoms with Gasteiger partial charge in [-0.05, 0) is 0 Å². The molecule has 2 aliphatic heterocycles. The average Bonchev–Trinajstić information content (AvgIpc) is 2.31. The Hall–Kier alpha value is -1.65. The first-order valence-corrected chi connectivity index (χ1v) is 4.27. The molecule has 0 N–H and O–H groups in total. The summed E-state index contributed by atoms with van der Waals surface area (Å²) in [6.07, 6.45) is 0. The lowest BCUT2D eigenvalue weighted by Gasteiger charge is -2.35. The molecule has 0 aromatic heterocycles. The van der Waals surface area contributed by atoms with Crippen molar-refractivity contribution in [2.24, 2.45) is 23.7 Å². The number of allylic oxidation sites excluding steroid dienone is 1. The summed E-state index contributed by atoms with van der Waals surface area (Å²) in [5.74, 6) is -3.38. The van der Waals surface area contributed by atoms with Crippen molar-refractivity contribution < 1.29 is 23.9 Å². The summed E-state index contributed by atoms with van der Waals surface area (Å²) >= 11 is 0. The molecule has 0 spiro atoms. The van der Waals surface area contributed by atoms with Crippen molar-refractivity contribution in [2.75, 3.05) is 0 Å². The number of carbonyl (C=O) groups excluding carboxylic acids is 3. The van der Waals surface area contributed by atoms with Crippen LogP contribution < -0.4 is 0 Å². The molecule has 3 fully saturated rings. The standard InChI is InChI=1S/C9H6O5/c1-2-3-4(7(10)13-2)6-5(3)8(11)14-9(6)12/h3-6H,1H2. The fourth-order valence-electron chi connectivity index (χ4n) is 2.53. The number of fused-ring (bicyclic) bond motifs is 4. The second-order valence-electron chi connectivity index (χ2n) is 3.73. The van der Waals surface area contributed by atoms with E-state index in [1.54, 1.807) is 0 Å². The largest absolute Gasteiger partial charge is 0.431 e. The van der Waals surface area contributed by atoms with Crippen LogP contribution in [0.15, 0.2) is 12.3 Å². The van der Waals surface area contributed by atoms with Gasteiger partial charge in [0.05, 0.1) is 17.8 Å². The third kappa shape index (κ3) is 0.615. The molecule has 72 valence electrons. The molecule has 2 heterocycles. The quantitative estimate of drug-likeness (QED) is 0.388. The highest BCUT2D eigenvalue weighted by Gasteiger charge is 2.70. The summed E-state index contributed by atoms with van der Waals surface area (Å²) in [7, 11) is 0. The van der Waals surface area contributed by atoms with Crippen LogP contribution in [0.25, 0.3) is 0 Å². The van der Waals surface area contributed by atoms with E-state index in [9.17, 15) is 14.4 Å². The number of cyclic esters (lactones) is 3. The van der Waals surface area contributed by atoms with Gasteiger partial charge in [0, 0.05) is 5.92 Å². The summed E-state index contributed by atoms with van der Waals surface area (Å²) in [5.41, 5.74) is 0. The summed E-state index contributed by atoms with van der Waals surface area (Å²) in [6.45, 7) is 3.55. The SMILES string of the molecule is C=C1OC(=O)C2C1C1C(=O)OC(=O)C21. The molecule has 0 aromatic carbocycles. The second-order valence-corrected chi connectivity index (χ2v) is 3.73. The molecule has 1 saturated carbocycles. The molecule has 4 atom stereocenters. The van der Waals surface area contributed by atoms with Gasteiger partial charge < -0.3 is 9.47 Å². The van der Waals surface area contributed by atoms with E-state index in [0.717, 1.165) is 0 Å². The first-order valence-electron chi connectivity index (χ1n) is 4.27. The van der Waals surface area contributed by atoms with Crippen LogP contribution in [-0.2, 0) is 23.9 Å². The summed E-state index contributed by atoms with van der Waals surface area (Å²) < 4.78 is 9.24. The van der Waals surface area contributed by atoms with Gasteiger partial charge in [0.1, 0.15) is 5.76 Å². The van der Waals surface area contributed by atoms with Crippen LogP contribution in [-0.4, -0.2) is 17.9 Å². The molecule has 5 nitrogen and oxygen atoms in total. The van der Waals surface area contributed by atoms with E-state index in [1.165, 1.54) is 0 Å². The Bertz CT molecular complexity index is 314. The van der Waals surface area contributed by atoms with E-state index in [-0.39, 0.29) is 11.7 Å². The van der Waals surface area contributed by atoms with Crippen molar-refractivity contribution in [3.63, 3.8) is 0 Å². The van der Waals surface area contributed by atoms with Gasteiger partial charge in [0.2, 0.25) is 0 Å². The van der Waals surface area contributed by atoms with Gasteiger partial charge in [-0.25, -0.2) is 0 Å². The molecule has 3 aliphatic rings. The van der Waals surface area contributed by atoms with Crippen molar-refractivity contribution in [1.29, 1.82) is 0 Å². The first-order chi connectivity index (χ1) is 6.61. The lowest BCUT2D eigenvalue weighted by Crippen LogP contribution is -2.48. The smallest absolute Gasteiger partial charge is 0.318 e. The third-order valence-electron chi connectivity index (χ3n) is 3.17. The maximum atomic E-state index is 11.2. The van der Waals surface area contributed by atoms with E-state index in [4.69, 9.17) is 4.74 Å². The van der Waals surface area contributed by atoms with Crippen molar-refractivity contribution in [2.45, 2.75) is 0 Å². The van der Waals surface area contributed by atoms with E-state index in [1.807, 2.05) is 0 Å².